The highest BCUT2D eigenvalue weighted by Crippen LogP contribution is 2.20. The van der Waals surface area contributed by atoms with Crippen molar-refractivity contribution in [3.8, 4) is 0 Å². The number of carbonyl (C=O) groups is 1. The molecule has 0 spiro atoms. The van der Waals surface area contributed by atoms with Crippen LogP contribution in [0.25, 0.3) is 17.0 Å². The molecule has 1 N–H and O–H groups in total. The molecule has 1 aromatic heterocycles. The van der Waals surface area contributed by atoms with Gasteiger partial charge in [0.1, 0.15) is 11.3 Å². The Morgan fingerprint density at radius 3 is 2.52 bits per heavy atom. The van der Waals surface area contributed by atoms with Crippen LogP contribution in [0.3, 0.4) is 0 Å². The fourth-order valence-corrected chi connectivity index (χ4v) is 3.36. The lowest BCUT2D eigenvalue weighted by Gasteiger charge is -2.14. The Morgan fingerprint density at radius 2 is 1.85 bits per heavy atom. The average molecular weight is 386 g/mol. The summed E-state index contributed by atoms with van der Waals surface area (Å²) in [6, 6.07) is 15.2. The average Bonchev–Trinajstić information content (AvgIpc) is 3.09. The summed E-state index contributed by atoms with van der Waals surface area (Å²) in [5.74, 6) is 0.204. The monoisotopic (exact) mass is 386 g/mol. The number of amides is 1. The summed E-state index contributed by atoms with van der Waals surface area (Å²) in [6.07, 6.45) is 2.92. The Balaban J connectivity index is 1.67. The summed E-state index contributed by atoms with van der Waals surface area (Å²) in [7, 11) is -1.16. The number of sulfonamides is 1. The molecule has 1 amide bonds. The van der Waals surface area contributed by atoms with E-state index < -0.39 is 10.0 Å². The molecule has 0 radical (unpaired) electrons. The normalized spacial score (nSPS) is 12.1. The summed E-state index contributed by atoms with van der Waals surface area (Å²) < 4.78 is 30.6. The number of hydroxylamine groups is 1. The molecular weight excluding hydrogens is 368 g/mol. The zero-order valence-corrected chi connectivity index (χ0v) is 15.6. The van der Waals surface area contributed by atoms with Crippen LogP contribution in [0.4, 0.5) is 5.69 Å². The summed E-state index contributed by atoms with van der Waals surface area (Å²) in [6.45, 7) is 0. The SMILES string of the molecule is CON(C)S(=O)(=O)c1ccc(NC(=O)/C=C/c2cc3ccccc3o2)cc1. The molecule has 0 saturated carbocycles. The lowest BCUT2D eigenvalue weighted by Crippen LogP contribution is -2.25. The first-order valence-corrected chi connectivity index (χ1v) is 9.45. The van der Waals surface area contributed by atoms with Crippen LogP contribution >= 0.6 is 0 Å². The molecule has 27 heavy (non-hydrogen) atoms. The van der Waals surface area contributed by atoms with Gasteiger partial charge in [-0.05, 0) is 42.5 Å². The zero-order valence-electron chi connectivity index (χ0n) is 14.7. The number of rotatable bonds is 6. The number of furan rings is 1. The van der Waals surface area contributed by atoms with Gasteiger partial charge in [0.25, 0.3) is 10.0 Å². The molecule has 0 aliphatic heterocycles. The van der Waals surface area contributed by atoms with Gasteiger partial charge in [-0.2, -0.15) is 0 Å². The molecule has 0 aliphatic carbocycles. The van der Waals surface area contributed by atoms with Crippen molar-refractivity contribution < 1.29 is 22.5 Å². The van der Waals surface area contributed by atoms with E-state index >= 15 is 0 Å². The highest BCUT2D eigenvalue weighted by Gasteiger charge is 2.20. The standard InChI is InChI=1S/C19H18N2O5S/c1-21(25-2)27(23,24)17-10-7-15(8-11-17)20-19(22)12-9-16-13-14-5-3-4-6-18(14)26-16/h3-13H,1-2H3,(H,20,22)/b12-9+. The second-order valence-corrected chi connectivity index (χ2v) is 7.57. The van der Waals surface area contributed by atoms with Gasteiger partial charge < -0.3 is 9.73 Å². The Hall–Kier alpha value is -2.94. The Bertz CT molecular complexity index is 1050. The molecule has 0 fully saturated rings. The number of benzene rings is 2. The van der Waals surface area contributed by atoms with Gasteiger partial charge in [0.05, 0.1) is 12.0 Å². The van der Waals surface area contributed by atoms with E-state index in [9.17, 15) is 13.2 Å². The fraction of sp³-hybridized carbons (Fsp3) is 0.105. The molecule has 0 saturated heterocycles. The van der Waals surface area contributed by atoms with Gasteiger partial charge in [0.15, 0.2) is 0 Å². The maximum absolute atomic E-state index is 12.1. The molecule has 140 valence electrons. The van der Waals surface area contributed by atoms with Gasteiger partial charge in [-0.3, -0.25) is 9.63 Å². The predicted molar refractivity (Wildman–Crippen MR) is 102 cm³/mol. The Kier molecular flexibility index (Phi) is 5.41. The van der Waals surface area contributed by atoms with E-state index in [2.05, 4.69) is 5.32 Å². The summed E-state index contributed by atoms with van der Waals surface area (Å²) in [5.41, 5.74) is 1.21. The van der Waals surface area contributed by atoms with Crippen molar-refractivity contribution in [2.24, 2.45) is 0 Å². The molecule has 0 unspecified atom stereocenters. The third-order valence-electron chi connectivity index (χ3n) is 3.86. The van der Waals surface area contributed by atoms with Crippen molar-refractivity contribution in [2.45, 2.75) is 4.90 Å². The number of fused-ring (bicyclic) bond motifs is 1. The fourth-order valence-electron chi connectivity index (χ4n) is 2.38. The van der Waals surface area contributed by atoms with Crippen molar-refractivity contribution in [1.29, 1.82) is 0 Å². The highest BCUT2D eigenvalue weighted by atomic mass is 32.2. The third-order valence-corrected chi connectivity index (χ3v) is 5.55. The largest absolute Gasteiger partial charge is 0.457 e. The maximum atomic E-state index is 12.1. The van der Waals surface area contributed by atoms with Crippen LogP contribution in [0, 0.1) is 0 Å². The molecule has 3 rings (SSSR count). The molecule has 2 aromatic carbocycles. The van der Waals surface area contributed by atoms with Crippen molar-refractivity contribution in [2.75, 3.05) is 19.5 Å². The first-order chi connectivity index (χ1) is 12.9. The van der Waals surface area contributed by atoms with E-state index in [1.807, 2.05) is 30.3 Å². The molecule has 7 nitrogen and oxygen atoms in total. The molecule has 1 heterocycles. The quantitative estimate of drug-likeness (QED) is 0.519. The van der Waals surface area contributed by atoms with Gasteiger partial charge in [0.2, 0.25) is 5.91 Å². The number of anilines is 1. The molecule has 3 aromatic rings. The smallest absolute Gasteiger partial charge is 0.264 e. The third kappa shape index (κ3) is 4.25. The summed E-state index contributed by atoms with van der Waals surface area (Å²) >= 11 is 0. The van der Waals surface area contributed by atoms with E-state index in [0.717, 1.165) is 15.4 Å². The Labute approximate surface area is 156 Å². The number of para-hydroxylation sites is 1. The van der Waals surface area contributed by atoms with Gasteiger partial charge in [-0.15, -0.1) is 0 Å². The van der Waals surface area contributed by atoms with Crippen molar-refractivity contribution in [1.82, 2.24) is 4.47 Å². The number of carbonyl (C=O) groups excluding carboxylic acids is 1. The number of hydrogen-bond donors (Lipinski definition) is 1. The van der Waals surface area contributed by atoms with Crippen LogP contribution in [0.5, 0.6) is 0 Å². The highest BCUT2D eigenvalue weighted by molar-refractivity contribution is 7.89. The minimum Gasteiger partial charge on any atom is -0.457 e. The molecule has 0 bridgehead atoms. The second kappa shape index (κ2) is 7.75. The van der Waals surface area contributed by atoms with Crippen LogP contribution in [-0.2, 0) is 19.7 Å². The van der Waals surface area contributed by atoms with E-state index in [4.69, 9.17) is 9.25 Å². The van der Waals surface area contributed by atoms with E-state index in [0.29, 0.717) is 11.4 Å². The van der Waals surface area contributed by atoms with E-state index in [1.165, 1.54) is 44.5 Å². The van der Waals surface area contributed by atoms with Crippen LogP contribution < -0.4 is 5.32 Å². The number of nitrogens with zero attached hydrogens (tertiary/aromatic N) is 1. The second-order valence-electron chi connectivity index (χ2n) is 5.63. The van der Waals surface area contributed by atoms with Crippen molar-refractivity contribution in [3.63, 3.8) is 0 Å². The van der Waals surface area contributed by atoms with Crippen molar-refractivity contribution >= 4 is 38.7 Å². The predicted octanol–water partition coefficient (Wildman–Crippen LogP) is 3.27. The van der Waals surface area contributed by atoms with Gasteiger partial charge in [-0.1, -0.05) is 22.7 Å². The van der Waals surface area contributed by atoms with E-state index in [-0.39, 0.29) is 10.8 Å². The van der Waals surface area contributed by atoms with Gasteiger partial charge >= 0.3 is 0 Å². The topological polar surface area (TPSA) is 88.9 Å². The lowest BCUT2D eigenvalue weighted by molar-refractivity contribution is -0.111. The molecule has 0 atom stereocenters. The molecular formula is C19H18N2O5S. The minimum absolute atomic E-state index is 0.0580. The summed E-state index contributed by atoms with van der Waals surface area (Å²) in [5, 5.41) is 3.61. The van der Waals surface area contributed by atoms with Crippen LogP contribution in [0.2, 0.25) is 0 Å². The van der Waals surface area contributed by atoms with Gasteiger partial charge in [-0.25, -0.2) is 8.42 Å². The van der Waals surface area contributed by atoms with Crippen LogP contribution in [0.1, 0.15) is 5.76 Å². The first kappa shape index (κ1) is 18.8. The van der Waals surface area contributed by atoms with Gasteiger partial charge in [0, 0.05) is 24.2 Å². The number of hydrogen-bond acceptors (Lipinski definition) is 5. The van der Waals surface area contributed by atoms with Crippen LogP contribution in [0.15, 0.2) is 70.0 Å². The summed E-state index contributed by atoms with van der Waals surface area (Å²) in [4.78, 5) is 16.8. The molecule has 0 aliphatic rings. The maximum Gasteiger partial charge on any atom is 0.264 e. The molecule has 8 heteroatoms. The van der Waals surface area contributed by atoms with Crippen molar-refractivity contribution in [3.05, 3.63) is 66.4 Å². The Morgan fingerprint density at radius 1 is 1.15 bits per heavy atom. The lowest BCUT2D eigenvalue weighted by atomic mass is 10.2. The van der Waals surface area contributed by atoms with E-state index in [1.54, 1.807) is 6.08 Å². The van der Waals surface area contributed by atoms with Crippen LogP contribution in [-0.4, -0.2) is 33.0 Å². The first-order valence-electron chi connectivity index (χ1n) is 8.01. The zero-order chi connectivity index (χ0) is 19.4. The minimum atomic E-state index is -3.72. The number of nitrogens with one attached hydrogen (secondary N) is 1.